The summed E-state index contributed by atoms with van der Waals surface area (Å²) >= 11 is 0. The van der Waals surface area contributed by atoms with Gasteiger partial charge in [0.1, 0.15) is 0 Å². The van der Waals surface area contributed by atoms with Crippen molar-refractivity contribution in [3.63, 3.8) is 0 Å². The third-order valence-corrected chi connectivity index (χ3v) is 2.87. The van der Waals surface area contributed by atoms with Crippen LogP contribution in [-0.4, -0.2) is 30.5 Å². The minimum atomic E-state index is 0.412. The van der Waals surface area contributed by atoms with Gasteiger partial charge >= 0.3 is 6.01 Å². The molecule has 20 heavy (non-hydrogen) atoms. The summed E-state index contributed by atoms with van der Waals surface area (Å²) in [6.45, 7) is 4.05. The monoisotopic (exact) mass is 276 g/mol. The molecule has 0 unspecified atom stereocenters. The van der Waals surface area contributed by atoms with Crippen LogP contribution in [0.25, 0.3) is 0 Å². The molecule has 2 rings (SSSR count). The van der Waals surface area contributed by atoms with Crippen LogP contribution >= 0.6 is 0 Å². The SMILES string of the molecule is CCc1ccccc1Nc1nnc(CNCCOC)o1. The minimum absolute atomic E-state index is 0.412. The van der Waals surface area contributed by atoms with Gasteiger partial charge in [-0.15, -0.1) is 5.10 Å². The first-order valence-electron chi connectivity index (χ1n) is 6.70. The van der Waals surface area contributed by atoms with Gasteiger partial charge in [-0.05, 0) is 18.1 Å². The van der Waals surface area contributed by atoms with E-state index in [2.05, 4.69) is 33.8 Å². The number of aromatic nitrogens is 2. The molecule has 0 atom stereocenters. The van der Waals surface area contributed by atoms with E-state index in [9.17, 15) is 0 Å². The zero-order chi connectivity index (χ0) is 14.2. The number of aryl methyl sites for hydroxylation is 1. The molecule has 0 amide bonds. The zero-order valence-corrected chi connectivity index (χ0v) is 11.8. The first-order valence-corrected chi connectivity index (χ1v) is 6.70. The van der Waals surface area contributed by atoms with Crippen LogP contribution in [0.2, 0.25) is 0 Å². The summed E-state index contributed by atoms with van der Waals surface area (Å²) in [5, 5.41) is 14.3. The Morgan fingerprint density at radius 1 is 1.25 bits per heavy atom. The standard InChI is InChI=1S/C14H20N4O2/c1-3-11-6-4-5-7-12(11)16-14-18-17-13(20-14)10-15-8-9-19-2/h4-7,15H,3,8-10H2,1-2H3,(H,16,18). The van der Waals surface area contributed by atoms with Gasteiger partial charge in [-0.3, -0.25) is 0 Å². The van der Waals surface area contributed by atoms with Gasteiger partial charge in [-0.2, -0.15) is 0 Å². The number of para-hydroxylation sites is 1. The Labute approximate surface area is 118 Å². The third-order valence-electron chi connectivity index (χ3n) is 2.87. The molecule has 0 saturated carbocycles. The van der Waals surface area contributed by atoms with Gasteiger partial charge in [0.2, 0.25) is 5.89 Å². The van der Waals surface area contributed by atoms with E-state index in [0.717, 1.165) is 18.7 Å². The fraction of sp³-hybridized carbons (Fsp3) is 0.429. The van der Waals surface area contributed by atoms with Crippen LogP contribution in [0.15, 0.2) is 28.7 Å². The summed E-state index contributed by atoms with van der Waals surface area (Å²) < 4.78 is 10.5. The van der Waals surface area contributed by atoms with Crippen molar-refractivity contribution in [1.29, 1.82) is 0 Å². The van der Waals surface area contributed by atoms with Crippen molar-refractivity contribution in [2.45, 2.75) is 19.9 Å². The molecular formula is C14H20N4O2. The number of nitrogens with zero attached hydrogens (tertiary/aromatic N) is 2. The average Bonchev–Trinajstić information content (AvgIpc) is 2.92. The van der Waals surface area contributed by atoms with Crippen LogP contribution in [-0.2, 0) is 17.7 Å². The second-order valence-corrected chi connectivity index (χ2v) is 4.31. The summed E-state index contributed by atoms with van der Waals surface area (Å²) in [6, 6.07) is 8.48. The van der Waals surface area contributed by atoms with Crippen LogP contribution in [0, 0.1) is 0 Å². The Bertz CT molecular complexity index is 527. The summed E-state index contributed by atoms with van der Waals surface area (Å²) in [6.07, 6.45) is 0.947. The number of anilines is 2. The van der Waals surface area contributed by atoms with E-state index in [4.69, 9.17) is 9.15 Å². The lowest BCUT2D eigenvalue weighted by molar-refractivity contribution is 0.198. The number of rotatable bonds is 8. The molecule has 0 spiro atoms. The Hall–Kier alpha value is -1.92. The highest BCUT2D eigenvalue weighted by molar-refractivity contribution is 5.57. The van der Waals surface area contributed by atoms with Gasteiger partial charge in [-0.25, -0.2) is 0 Å². The van der Waals surface area contributed by atoms with E-state index in [-0.39, 0.29) is 0 Å². The van der Waals surface area contributed by atoms with E-state index < -0.39 is 0 Å². The van der Waals surface area contributed by atoms with Gasteiger partial charge in [0.05, 0.1) is 13.2 Å². The van der Waals surface area contributed by atoms with Crippen molar-refractivity contribution in [2.24, 2.45) is 0 Å². The second-order valence-electron chi connectivity index (χ2n) is 4.31. The van der Waals surface area contributed by atoms with Gasteiger partial charge in [0.15, 0.2) is 0 Å². The maximum atomic E-state index is 5.53. The van der Waals surface area contributed by atoms with Crippen LogP contribution in [0.4, 0.5) is 11.7 Å². The lowest BCUT2D eigenvalue weighted by atomic mass is 10.1. The zero-order valence-electron chi connectivity index (χ0n) is 11.8. The first kappa shape index (κ1) is 14.5. The summed E-state index contributed by atoms with van der Waals surface area (Å²) in [5.41, 5.74) is 2.21. The highest BCUT2D eigenvalue weighted by atomic mass is 16.5. The van der Waals surface area contributed by atoms with Gasteiger partial charge < -0.3 is 19.8 Å². The smallest absolute Gasteiger partial charge is 0.320 e. The van der Waals surface area contributed by atoms with Crippen molar-refractivity contribution in [3.8, 4) is 0 Å². The molecule has 0 bridgehead atoms. The maximum absolute atomic E-state index is 5.53. The fourth-order valence-electron chi connectivity index (χ4n) is 1.81. The van der Waals surface area contributed by atoms with E-state index in [1.165, 1.54) is 5.56 Å². The number of benzene rings is 1. The molecule has 0 radical (unpaired) electrons. The Morgan fingerprint density at radius 3 is 2.90 bits per heavy atom. The Kier molecular flexibility index (Phi) is 5.52. The number of hydrogen-bond acceptors (Lipinski definition) is 6. The summed E-state index contributed by atoms with van der Waals surface area (Å²) in [5.74, 6) is 0.553. The molecular weight excluding hydrogens is 256 g/mol. The fourth-order valence-corrected chi connectivity index (χ4v) is 1.81. The molecule has 0 saturated heterocycles. The molecule has 1 aromatic heterocycles. The predicted molar refractivity (Wildman–Crippen MR) is 77.0 cm³/mol. The van der Waals surface area contributed by atoms with E-state index in [1.807, 2.05) is 18.2 Å². The van der Waals surface area contributed by atoms with Gasteiger partial charge in [0.25, 0.3) is 0 Å². The van der Waals surface area contributed by atoms with Crippen molar-refractivity contribution in [3.05, 3.63) is 35.7 Å². The molecule has 0 aliphatic heterocycles. The van der Waals surface area contributed by atoms with Crippen molar-refractivity contribution in [1.82, 2.24) is 15.5 Å². The molecule has 2 N–H and O–H groups in total. The number of methoxy groups -OCH3 is 1. The lowest BCUT2D eigenvalue weighted by Gasteiger charge is -2.06. The third kappa shape index (κ3) is 4.04. The Morgan fingerprint density at radius 2 is 2.10 bits per heavy atom. The first-order chi connectivity index (χ1) is 9.83. The summed E-state index contributed by atoms with van der Waals surface area (Å²) in [4.78, 5) is 0. The molecule has 0 aliphatic rings. The van der Waals surface area contributed by atoms with Crippen LogP contribution in [0.3, 0.4) is 0 Å². The quantitative estimate of drug-likeness (QED) is 0.719. The number of hydrogen-bond donors (Lipinski definition) is 2. The molecule has 0 fully saturated rings. The van der Waals surface area contributed by atoms with Gasteiger partial charge in [0, 0.05) is 19.3 Å². The van der Waals surface area contributed by atoms with Crippen molar-refractivity contribution in [2.75, 3.05) is 25.6 Å². The summed E-state index contributed by atoms with van der Waals surface area (Å²) in [7, 11) is 1.67. The van der Waals surface area contributed by atoms with Crippen LogP contribution < -0.4 is 10.6 Å². The van der Waals surface area contributed by atoms with Crippen molar-refractivity contribution >= 4 is 11.7 Å². The van der Waals surface area contributed by atoms with E-state index in [0.29, 0.717) is 25.1 Å². The molecule has 6 nitrogen and oxygen atoms in total. The maximum Gasteiger partial charge on any atom is 0.320 e. The van der Waals surface area contributed by atoms with Crippen LogP contribution in [0.5, 0.6) is 0 Å². The Balaban J connectivity index is 1.92. The van der Waals surface area contributed by atoms with Crippen molar-refractivity contribution < 1.29 is 9.15 Å². The number of ether oxygens (including phenoxy) is 1. The average molecular weight is 276 g/mol. The van der Waals surface area contributed by atoms with E-state index >= 15 is 0 Å². The number of nitrogens with one attached hydrogen (secondary N) is 2. The molecule has 6 heteroatoms. The van der Waals surface area contributed by atoms with E-state index in [1.54, 1.807) is 7.11 Å². The minimum Gasteiger partial charge on any atom is -0.406 e. The van der Waals surface area contributed by atoms with Crippen LogP contribution in [0.1, 0.15) is 18.4 Å². The molecule has 1 aromatic carbocycles. The molecule has 108 valence electrons. The largest absolute Gasteiger partial charge is 0.406 e. The topological polar surface area (TPSA) is 72.2 Å². The normalized spacial score (nSPS) is 10.7. The second kappa shape index (κ2) is 7.62. The molecule has 1 heterocycles. The lowest BCUT2D eigenvalue weighted by Crippen LogP contribution is -2.18. The van der Waals surface area contributed by atoms with Gasteiger partial charge in [-0.1, -0.05) is 30.2 Å². The molecule has 0 aliphatic carbocycles. The molecule has 2 aromatic rings. The highest BCUT2D eigenvalue weighted by Gasteiger charge is 2.07. The highest BCUT2D eigenvalue weighted by Crippen LogP contribution is 2.20. The predicted octanol–water partition coefficient (Wildman–Crippen LogP) is 2.11.